The van der Waals surface area contributed by atoms with Gasteiger partial charge in [-0.05, 0) is 12.2 Å². The number of nitrogens with two attached hydrogens (primary N) is 2. The van der Waals surface area contributed by atoms with Crippen molar-refractivity contribution >= 4 is 55.6 Å². The van der Waals surface area contributed by atoms with Crippen molar-refractivity contribution in [2.45, 2.75) is 24.5 Å². The maximum Gasteiger partial charge on any atom is 0.243 e. The molecule has 7 nitrogen and oxygen atoms in total. The van der Waals surface area contributed by atoms with Gasteiger partial charge in [0.1, 0.15) is 12.1 Å². The molecule has 0 fully saturated rings. The minimum absolute atomic E-state index is 0.0682. The van der Waals surface area contributed by atoms with Crippen molar-refractivity contribution in [3.8, 4) is 0 Å². The van der Waals surface area contributed by atoms with Crippen LogP contribution in [-0.2, 0) is 14.4 Å². The first-order chi connectivity index (χ1) is 9.37. The van der Waals surface area contributed by atoms with Crippen molar-refractivity contribution < 1.29 is 14.4 Å². The van der Waals surface area contributed by atoms with E-state index in [4.69, 9.17) is 11.5 Å². The summed E-state index contributed by atoms with van der Waals surface area (Å²) >= 11 is 11.8. The van der Waals surface area contributed by atoms with Gasteiger partial charge in [0.2, 0.25) is 17.7 Å². The molecule has 0 radical (unpaired) electrons. The summed E-state index contributed by atoms with van der Waals surface area (Å²) in [5, 5.41) is 4.90. The van der Waals surface area contributed by atoms with Gasteiger partial charge in [-0.1, -0.05) is 0 Å². The van der Waals surface area contributed by atoms with Gasteiger partial charge in [0, 0.05) is 11.5 Å². The average molecular weight is 340 g/mol. The number of hydrogen-bond donors (Lipinski definition) is 7. The molecule has 3 atom stereocenters. The minimum Gasteiger partial charge on any atom is -0.368 e. The zero-order chi connectivity index (χ0) is 15.7. The Bertz CT molecular complexity index is 357. The smallest absolute Gasteiger partial charge is 0.243 e. The van der Waals surface area contributed by atoms with Crippen LogP contribution in [0.3, 0.4) is 0 Å². The largest absolute Gasteiger partial charge is 0.368 e. The van der Waals surface area contributed by atoms with Gasteiger partial charge in [-0.25, -0.2) is 0 Å². The molecule has 20 heavy (non-hydrogen) atoms. The van der Waals surface area contributed by atoms with Gasteiger partial charge in [0.25, 0.3) is 0 Å². The van der Waals surface area contributed by atoms with Crippen LogP contribution < -0.4 is 22.1 Å². The number of hydrogen-bond acceptors (Lipinski definition) is 7. The quantitative estimate of drug-likeness (QED) is 0.244. The van der Waals surface area contributed by atoms with Crippen LogP contribution in [0.1, 0.15) is 6.42 Å². The number of carbonyl (C=O) groups is 3. The SMILES string of the molecule is NC(=O)[C@@H](CS)NC(=O)[C@@H](CCS)NC(=O)[C@H](N)CS. The fraction of sp³-hybridized carbons (Fsp3) is 0.700. The highest BCUT2D eigenvalue weighted by Gasteiger charge is 2.25. The van der Waals surface area contributed by atoms with Crippen LogP contribution in [0.4, 0.5) is 0 Å². The van der Waals surface area contributed by atoms with Gasteiger partial charge in [-0.2, -0.15) is 37.9 Å². The molecule has 0 aliphatic carbocycles. The molecule has 6 N–H and O–H groups in total. The van der Waals surface area contributed by atoms with Crippen molar-refractivity contribution in [2.24, 2.45) is 11.5 Å². The number of carbonyl (C=O) groups excluding carboxylic acids is 3. The molecule has 116 valence electrons. The molecule has 0 aromatic heterocycles. The first kappa shape index (κ1) is 19.4. The van der Waals surface area contributed by atoms with Crippen LogP contribution in [0.5, 0.6) is 0 Å². The van der Waals surface area contributed by atoms with Gasteiger partial charge >= 0.3 is 0 Å². The Hall–Kier alpha value is -0.580. The van der Waals surface area contributed by atoms with Gasteiger partial charge in [-0.15, -0.1) is 0 Å². The van der Waals surface area contributed by atoms with Crippen LogP contribution >= 0.6 is 37.9 Å². The molecule has 0 unspecified atom stereocenters. The van der Waals surface area contributed by atoms with E-state index in [0.717, 1.165) is 0 Å². The fourth-order valence-corrected chi connectivity index (χ4v) is 1.93. The highest BCUT2D eigenvalue weighted by Crippen LogP contribution is 1.98. The summed E-state index contributed by atoms with van der Waals surface area (Å²) in [6.07, 6.45) is 0.290. The molecule has 0 rings (SSSR count). The molecule has 0 saturated carbocycles. The maximum absolute atomic E-state index is 12.0. The lowest BCUT2D eigenvalue weighted by atomic mass is 10.1. The Morgan fingerprint density at radius 3 is 1.90 bits per heavy atom. The standard InChI is InChI=1S/C10H20N4O3S3/c11-5(3-19)9(16)13-6(1-2-18)10(17)14-7(4-20)8(12)15/h5-7,18-20H,1-4,11H2,(H2,12,15)(H,13,16)(H,14,17)/t5-,6-,7-/m1/s1. The second kappa shape index (κ2) is 10.2. The van der Waals surface area contributed by atoms with Gasteiger partial charge in [-0.3, -0.25) is 14.4 Å². The summed E-state index contributed by atoms with van der Waals surface area (Å²) in [4.78, 5) is 34.7. The molecule has 0 aromatic carbocycles. The highest BCUT2D eigenvalue weighted by atomic mass is 32.1. The summed E-state index contributed by atoms with van der Waals surface area (Å²) < 4.78 is 0. The van der Waals surface area contributed by atoms with Crippen molar-refractivity contribution in [2.75, 3.05) is 17.3 Å². The summed E-state index contributed by atoms with van der Waals surface area (Å²) in [5.74, 6) is -1.13. The third-order valence-corrected chi connectivity index (χ3v) is 3.44. The van der Waals surface area contributed by atoms with E-state index in [1.54, 1.807) is 0 Å². The van der Waals surface area contributed by atoms with Crippen molar-refractivity contribution in [3.63, 3.8) is 0 Å². The molecule has 0 aliphatic heterocycles. The number of rotatable bonds is 9. The van der Waals surface area contributed by atoms with Crippen LogP contribution in [0, 0.1) is 0 Å². The number of thiol groups is 3. The fourth-order valence-electron chi connectivity index (χ4n) is 1.24. The van der Waals surface area contributed by atoms with E-state index in [1.807, 2.05) is 0 Å². The lowest BCUT2D eigenvalue weighted by molar-refractivity contribution is -0.131. The van der Waals surface area contributed by atoms with Gasteiger partial charge < -0.3 is 22.1 Å². The van der Waals surface area contributed by atoms with Gasteiger partial charge in [0.05, 0.1) is 6.04 Å². The number of nitrogens with one attached hydrogen (secondary N) is 2. The van der Waals surface area contributed by atoms with E-state index >= 15 is 0 Å². The zero-order valence-corrected chi connectivity index (χ0v) is 13.5. The van der Waals surface area contributed by atoms with Crippen LogP contribution in [0.15, 0.2) is 0 Å². The van der Waals surface area contributed by atoms with Crippen LogP contribution in [0.25, 0.3) is 0 Å². The molecule has 0 aromatic rings. The molecule has 0 bridgehead atoms. The third kappa shape index (κ3) is 6.73. The zero-order valence-electron chi connectivity index (χ0n) is 10.8. The molecule has 0 saturated heterocycles. The van der Waals surface area contributed by atoms with Crippen LogP contribution in [-0.4, -0.2) is 53.1 Å². The Labute approximate surface area is 134 Å². The number of primary amides is 1. The van der Waals surface area contributed by atoms with E-state index < -0.39 is 35.8 Å². The second-order valence-corrected chi connectivity index (χ2v) is 5.19. The van der Waals surface area contributed by atoms with E-state index in [0.29, 0.717) is 5.75 Å². The van der Waals surface area contributed by atoms with Crippen LogP contribution in [0.2, 0.25) is 0 Å². The predicted octanol–water partition coefficient (Wildman–Crippen LogP) is -2.05. The molecular formula is C10H20N4O3S3. The molecule has 0 aliphatic rings. The van der Waals surface area contributed by atoms with E-state index in [2.05, 4.69) is 48.5 Å². The van der Waals surface area contributed by atoms with E-state index in [1.165, 1.54) is 0 Å². The van der Waals surface area contributed by atoms with Crippen molar-refractivity contribution in [1.82, 2.24) is 10.6 Å². The minimum atomic E-state index is -0.899. The predicted molar refractivity (Wildman–Crippen MR) is 87.2 cm³/mol. The molecule has 10 heteroatoms. The van der Waals surface area contributed by atoms with E-state index in [-0.39, 0.29) is 17.9 Å². The molecule has 0 spiro atoms. The number of amides is 3. The first-order valence-corrected chi connectivity index (χ1v) is 7.75. The molecule has 3 amide bonds. The average Bonchev–Trinajstić information content (AvgIpc) is 2.42. The Kier molecular flexibility index (Phi) is 9.90. The van der Waals surface area contributed by atoms with Crippen molar-refractivity contribution in [3.05, 3.63) is 0 Å². The normalized spacial score (nSPS) is 15.0. The lowest BCUT2D eigenvalue weighted by Crippen LogP contribution is -2.56. The lowest BCUT2D eigenvalue weighted by Gasteiger charge is -2.21. The second-order valence-electron chi connectivity index (χ2n) is 4.01. The first-order valence-electron chi connectivity index (χ1n) is 5.85. The Balaban J connectivity index is 4.69. The topological polar surface area (TPSA) is 127 Å². The Morgan fingerprint density at radius 1 is 0.950 bits per heavy atom. The van der Waals surface area contributed by atoms with Crippen molar-refractivity contribution in [1.29, 1.82) is 0 Å². The van der Waals surface area contributed by atoms with E-state index in [9.17, 15) is 14.4 Å². The molecule has 0 heterocycles. The van der Waals surface area contributed by atoms with Gasteiger partial charge in [0.15, 0.2) is 0 Å². The molecular weight excluding hydrogens is 320 g/mol. The maximum atomic E-state index is 12.0. The monoisotopic (exact) mass is 340 g/mol. The third-order valence-electron chi connectivity index (χ3n) is 2.43. The summed E-state index contributed by atoms with van der Waals surface area (Å²) in [5.41, 5.74) is 10.6. The summed E-state index contributed by atoms with van der Waals surface area (Å²) in [6, 6.07) is -2.55. The summed E-state index contributed by atoms with van der Waals surface area (Å²) in [6.45, 7) is 0. The highest BCUT2D eigenvalue weighted by molar-refractivity contribution is 7.80. The Morgan fingerprint density at radius 2 is 1.50 bits per heavy atom. The summed E-state index contributed by atoms with van der Waals surface area (Å²) in [7, 11) is 0.